The molecule has 1 aromatic rings. The average Bonchev–Trinajstić information content (AvgIpc) is 2.32. The second-order valence-corrected chi connectivity index (χ2v) is 4.80. The van der Waals surface area contributed by atoms with Gasteiger partial charge in [0.05, 0.1) is 0 Å². The Labute approximate surface area is 101 Å². The lowest BCUT2D eigenvalue weighted by atomic mass is 9.89. The molecule has 2 rings (SSSR count). The number of hydrogen-bond acceptors (Lipinski definition) is 6. The van der Waals surface area contributed by atoms with E-state index in [0.29, 0.717) is 11.7 Å². The second-order valence-electron chi connectivity index (χ2n) is 4.80. The molecule has 0 bridgehead atoms. The van der Waals surface area contributed by atoms with Gasteiger partial charge in [0.1, 0.15) is 11.6 Å². The third-order valence-electron chi connectivity index (χ3n) is 3.54. The molecule has 0 saturated carbocycles. The molecule has 5 N–H and O–H groups in total. The molecule has 1 fully saturated rings. The average molecular weight is 236 g/mol. The van der Waals surface area contributed by atoms with Gasteiger partial charge in [-0.2, -0.15) is 9.97 Å². The molecule has 2 heterocycles. The van der Waals surface area contributed by atoms with Gasteiger partial charge < -0.3 is 16.1 Å². The molecule has 6 heteroatoms. The SMILES string of the molecule is CC1CCN(c2cc(NN)nc(N)n2)CC1C. The van der Waals surface area contributed by atoms with Crippen LogP contribution in [0.15, 0.2) is 6.07 Å². The molecule has 0 aromatic carbocycles. The molecular formula is C11H20N6. The number of hydrogen-bond donors (Lipinski definition) is 3. The van der Waals surface area contributed by atoms with Gasteiger partial charge in [-0.15, -0.1) is 0 Å². The lowest BCUT2D eigenvalue weighted by Gasteiger charge is -2.36. The molecule has 6 nitrogen and oxygen atoms in total. The van der Waals surface area contributed by atoms with Crippen LogP contribution < -0.4 is 21.9 Å². The van der Waals surface area contributed by atoms with Crippen LogP contribution in [0, 0.1) is 11.8 Å². The van der Waals surface area contributed by atoms with Gasteiger partial charge in [-0.05, 0) is 18.3 Å². The summed E-state index contributed by atoms with van der Waals surface area (Å²) in [6.07, 6.45) is 1.18. The molecule has 0 amide bonds. The Morgan fingerprint density at radius 2 is 2.12 bits per heavy atom. The lowest BCUT2D eigenvalue weighted by molar-refractivity contribution is 0.323. The Morgan fingerprint density at radius 3 is 2.76 bits per heavy atom. The first-order chi connectivity index (χ1) is 8.10. The van der Waals surface area contributed by atoms with Gasteiger partial charge in [-0.1, -0.05) is 13.8 Å². The third kappa shape index (κ3) is 2.58. The maximum Gasteiger partial charge on any atom is 0.223 e. The number of nitrogens with zero attached hydrogens (tertiary/aromatic N) is 3. The van der Waals surface area contributed by atoms with E-state index in [1.165, 1.54) is 6.42 Å². The molecular weight excluding hydrogens is 216 g/mol. The summed E-state index contributed by atoms with van der Waals surface area (Å²) in [5.74, 6) is 8.43. The van der Waals surface area contributed by atoms with Crippen molar-refractivity contribution in [3.05, 3.63) is 6.07 Å². The highest BCUT2D eigenvalue weighted by Gasteiger charge is 2.23. The van der Waals surface area contributed by atoms with Crippen molar-refractivity contribution in [1.29, 1.82) is 0 Å². The van der Waals surface area contributed by atoms with Crippen LogP contribution in [-0.4, -0.2) is 23.1 Å². The zero-order chi connectivity index (χ0) is 12.4. The van der Waals surface area contributed by atoms with Gasteiger partial charge in [0.25, 0.3) is 0 Å². The van der Waals surface area contributed by atoms with Crippen molar-refractivity contribution in [2.75, 3.05) is 29.1 Å². The maximum absolute atomic E-state index is 5.66. The summed E-state index contributed by atoms with van der Waals surface area (Å²) < 4.78 is 0. The number of hydrazine groups is 1. The van der Waals surface area contributed by atoms with Gasteiger partial charge in [0.2, 0.25) is 5.95 Å². The molecule has 0 radical (unpaired) electrons. The van der Waals surface area contributed by atoms with Crippen molar-refractivity contribution in [3.8, 4) is 0 Å². The fourth-order valence-corrected chi connectivity index (χ4v) is 2.16. The van der Waals surface area contributed by atoms with Crippen molar-refractivity contribution in [2.24, 2.45) is 17.7 Å². The van der Waals surface area contributed by atoms with E-state index in [1.54, 1.807) is 0 Å². The van der Waals surface area contributed by atoms with Gasteiger partial charge in [-0.25, -0.2) is 5.84 Å². The van der Waals surface area contributed by atoms with Crippen LogP contribution in [-0.2, 0) is 0 Å². The van der Waals surface area contributed by atoms with Gasteiger partial charge in [-0.3, -0.25) is 0 Å². The fourth-order valence-electron chi connectivity index (χ4n) is 2.16. The highest BCUT2D eigenvalue weighted by atomic mass is 15.3. The van der Waals surface area contributed by atoms with Crippen molar-refractivity contribution in [3.63, 3.8) is 0 Å². The first-order valence-corrected chi connectivity index (χ1v) is 5.96. The van der Waals surface area contributed by atoms with Crippen LogP contribution in [0.4, 0.5) is 17.6 Å². The van der Waals surface area contributed by atoms with Crippen molar-refractivity contribution in [1.82, 2.24) is 9.97 Å². The molecule has 0 spiro atoms. The maximum atomic E-state index is 5.66. The molecule has 1 aliphatic rings. The largest absolute Gasteiger partial charge is 0.368 e. The topological polar surface area (TPSA) is 93.1 Å². The Morgan fingerprint density at radius 1 is 1.35 bits per heavy atom. The van der Waals surface area contributed by atoms with E-state index in [9.17, 15) is 0 Å². The normalized spacial score (nSPS) is 24.8. The first kappa shape index (κ1) is 11.9. The minimum Gasteiger partial charge on any atom is -0.368 e. The second kappa shape index (κ2) is 4.75. The molecule has 0 aliphatic carbocycles. The van der Waals surface area contributed by atoms with E-state index in [1.807, 2.05) is 6.07 Å². The summed E-state index contributed by atoms with van der Waals surface area (Å²) in [6, 6.07) is 1.83. The standard InChI is InChI=1S/C11H20N6/c1-7-3-4-17(6-8(7)2)10-5-9(16-13)14-11(12)15-10/h5,7-8H,3-4,6,13H2,1-2H3,(H3,12,14,15,16). The first-order valence-electron chi connectivity index (χ1n) is 5.96. The Balaban J connectivity index is 2.19. The predicted molar refractivity (Wildman–Crippen MR) is 69.4 cm³/mol. The number of nitrogens with one attached hydrogen (secondary N) is 1. The Bertz CT molecular complexity index is 394. The minimum absolute atomic E-state index is 0.252. The monoisotopic (exact) mass is 236 g/mol. The molecule has 2 atom stereocenters. The number of rotatable bonds is 2. The number of piperidine rings is 1. The molecule has 1 aromatic heterocycles. The van der Waals surface area contributed by atoms with Gasteiger partial charge in [0.15, 0.2) is 0 Å². The summed E-state index contributed by atoms with van der Waals surface area (Å²) >= 11 is 0. The molecule has 2 unspecified atom stereocenters. The van der Waals surface area contributed by atoms with Crippen LogP contribution in [0.5, 0.6) is 0 Å². The Hall–Kier alpha value is -1.56. The number of anilines is 3. The van der Waals surface area contributed by atoms with E-state index in [-0.39, 0.29) is 5.95 Å². The highest BCUT2D eigenvalue weighted by molar-refractivity contribution is 5.52. The third-order valence-corrected chi connectivity index (χ3v) is 3.54. The van der Waals surface area contributed by atoms with Crippen LogP contribution in [0.2, 0.25) is 0 Å². The number of nitrogens with two attached hydrogens (primary N) is 2. The summed E-state index contributed by atoms with van der Waals surface area (Å²) in [5.41, 5.74) is 8.17. The molecule has 17 heavy (non-hydrogen) atoms. The molecule has 94 valence electrons. The Kier molecular flexibility index (Phi) is 3.33. The lowest BCUT2D eigenvalue weighted by Crippen LogP contribution is -2.39. The van der Waals surface area contributed by atoms with Gasteiger partial charge >= 0.3 is 0 Å². The van der Waals surface area contributed by atoms with E-state index < -0.39 is 0 Å². The summed E-state index contributed by atoms with van der Waals surface area (Å²) in [4.78, 5) is 10.5. The van der Waals surface area contributed by atoms with Gasteiger partial charge in [0, 0.05) is 19.2 Å². The summed E-state index contributed by atoms with van der Waals surface area (Å²) in [7, 11) is 0. The quantitative estimate of drug-likeness (QED) is 0.520. The smallest absolute Gasteiger partial charge is 0.223 e. The van der Waals surface area contributed by atoms with E-state index in [4.69, 9.17) is 11.6 Å². The summed E-state index contributed by atoms with van der Waals surface area (Å²) in [6.45, 7) is 6.57. The van der Waals surface area contributed by atoms with Crippen molar-refractivity contribution in [2.45, 2.75) is 20.3 Å². The van der Waals surface area contributed by atoms with Crippen LogP contribution >= 0.6 is 0 Å². The van der Waals surface area contributed by atoms with Crippen molar-refractivity contribution >= 4 is 17.6 Å². The number of nitrogen functional groups attached to an aromatic ring is 2. The minimum atomic E-state index is 0.252. The van der Waals surface area contributed by atoms with Crippen molar-refractivity contribution < 1.29 is 0 Å². The van der Waals surface area contributed by atoms with E-state index in [0.717, 1.165) is 24.8 Å². The van der Waals surface area contributed by atoms with Crippen LogP contribution in [0.3, 0.4) is 0 Å². The van der Waals surface area contributed by atoms with Crippen LogP contribution in [0.25, 0.3) is 0 Å². The van der Waals surface area contributed by atoms with E-state index >= 15 is 0 Å². The zero-order valence-corrected chi connectivity index (χ0v) is 10.3. The van der Waals surface area contributed by atoms with Crippen LogP contribution in [0.1, 0.15) is 20.3 Å². The number of aromatic nitrogens is 2. The highest BCUT2D eigenvalue weighted by Crippen LogP contribution is 2.26. The fraction of sp³-hybridized carbons (Fsp3) is 0.636. The molecule has 1 aliphatic heterocycles. The predicted octanol–water partition coefficient (Wildman–Crippen LogP) is 0.827. The van der Waals surface area contributed by atoms with E-state index in [2.05, 4.69) is 34.1 Å². The zero-order valence-electron chi connectivity index (χ0n) is 10.3. The molecule has 1 saturated heterocycles. The summed E-state index contributed by atoms with van der Waals surface area (Å²) in [5, 5.41) is 0.